The minimum absolute atomic E-state index is 0.595. The molecule has 1 rings (SSSR count). The van der Waals surface area contributed by atoms with E-state index < -0.39 is 0 Å². The molecule has 0 aliphatic heterocycles. The van der Waals surface area contributed by atoms with Gasteiger partial charge in [-0.3, -0.25) is 4.68 Å². The lowest BCUT2D eigenvalue weighted by Crippen LogP contribution is -2.02. The van der Waals surface area contributed by atoms with Crippen LogP contribution in [0.1, 0.15) is 24.7 Å². The van der Waals surface area contributed by atoms with Gasteiger partial charge in [-0.15, -0.1) is 6.58 Å². The quantitative estimate of drug-likeness (QED) is 0.588. The van der Waals surface area contributed by atoms with E-state index in [9.17, 15) is 0 Å². The molecule has 0 aliphatic rings. The van der Waals surface area contributed by atoms with E-state index in [0.717, 1.165) is 28.7 Å². The van der Waals surface area contributed by atoms with Crippen LogP contribution in [-0.4, -0.2) is 16.4 Å². The van der Waals surface area contributed by atoms with Crippen LogP contribution in [0, 0.1) is 0 Å². The third-order valence-electron chi connectivity index (χ3n) is 2.21. The smallest absolute Gasteiger partial charge is 0.0896 e. The molecule has 0 saturated heterocycles. The Hall–Kier alpha value is -0.610. The second-order valence-electron chi connectivity index (χ2n) is 3.31. The number of hydrogen-bond acceptors (Lipinski definition) is 2. The highest BCUT2D eigenvalue weighted by Crippen LogP contribution is 2.22. The molecule has 0 radical (unpaired) electrons. The lowest BCUT2D eigenvalue weighted by molar-refractivity contribution is 0.119. The SMILES string of the molecule is C=CCCOCc1c(Br)c(CC)nn1C. The van der Waals surface area contributed by atoms with Crippen molar-refractivity contribution in [3.05, 3.63) is 28.5 Å². The van der Waals surface area contributed by atoms with E-state index in [1.54, 1.807) is 0 Å². The van der Waals surface area contributed by atoms with Crippen LogP contribution < -0.4 is 0 Å². The van der Waals surface area contributed by atoms with E-state index in [1.807, 2.05) is 17.8 Å². The predicted octanol–water partition coefficient (Wildman–Crippen LogP) is 2.84. The summed E-state index contributed by atoms with van der Waals surface area (Å²) in [4.78, 5) is 0. The molecule has 0 aliphatic carbocycles. The average Bonchev–Trinajstić information content (AvgIpc) is 2.50. The van der Waals surface area contributed by atoms with Crippen molar-refractivity contribution < 1.29 is 4.74 Å². The summed E-state index contributed by atoms with van der Waals surface area (Å²) >= 11 is 3.55. The van der Waals surface area contributed by atoms with Gasteiger partial charge in [0.25, 0.3) is 0 Å². The Morgan fingerprint density at radius 1 is 1.60 bits per heavy atom. The Morgan fingerprint density at radius 2 is 2.33 bits per heavy atom. The summed E-state index contributed by atoms with van der Waals surface area (Å²) in [6.45, 7) is 7.05. The zero-order valence-corrected chi connectivity index (χ0v) is 10.9. The number of rotatable bonds is 6. The Labute approximate surface area is 99.2 Å². The lowest BCUT2D eigenvalue weighted by atomic mass is 10.3. The maximum absolute atomic E-state index is 5.52. The minimum Gasteiger partial charge on any atom is -0.375 e. The Balaban J connectivity index is 2.60. The summed E-state index contributed by atoms with van der Waals surface area (Å²) in [6.07, 6.45) is 3.67. The number of halogens is 1. The third-order valence-corrected chi connectivity index (χ3v) is 3.12. The molecule has 84 valence electrons. The molecule has 0 amide bonds. The molecule has 15 heavy (non-hydrogen) atoms. The van der Waals surface area contributed by atoms with Gasteiger partial charge in [-0.1, -0.05) is 13.0 Å². The first-order chi connectivity index (χ1) is 7.20. The standard InChI is InChI=1S/C11H17BrN2O/c1-4-6-7-15-8-10-11(12)9(5-2)13-14(10)3/h4H,1,5-8H2,2-3H3. The van der Waals surface area contributed by atoms with Crippen LogP contribution in [0.25, 0.3) is 0 Å². The molecule has 4 heteroatoms. The number of hydrogen-bond donors (Lipinski definition) is 0. The fourth-order valence-corrected chi connectivity index (χ4v) is 2.04. The van der Waals surface area contributed by atoms with Crippen molar-refractivity contribution in [2.24, 2.45) is 7.05 Å². The van der Waals surface area contributed by atoms with Crippen LogP contribution in [0.5, 0.6) is 0 Å². The van der Waals surface area contributed by atoms with Gasteiger partial charge >= 0.3 is 0 Å². The van der Waals surface area contributed by atoms with Crippen molar-refractivity contribution in [1.82, 2.24) is 9.78 Å². The highest BCUT2D eigenvalue weighted by Gasteiger charge is 2.11. The van der Waals surface area contributed by atoms with Crippen LogP contribution >= 0.6 is 15.9 Å². The summed E-state index contributed by atoms with van der Waals surface area (Å²) in [6, 6.07) is 0. The second-order valence-corrected chi connectivity index (χ2v) is 4.11. The fourth-order valence-electron chi connectivity index (χ4n) is 1.31. The van der Waals surface area contributed by atoms with Crippen molar-refractivity contribution in [3.63, 3.8) is 0 Å². The van der Waals surface area contributed by atoms with Crippen molar-refractivity contribution in [2.45, 2.75) is 26.4 Å². The third kappa shape index (κ3) is 3.18. The molecule has 0 aromatic carbocycles. The highest BCUT2D eigenvalue weighted by atomic mass is 79.9. The summed E-state index contributed by atoms with van der Waals surface area (Å²) in [5.41, 5.74) is 2.18. The molecule has 1 heterocycles. The molecule has 3 nitrogen and oxygen atoms in total. The number of aryl methyl sites for hydroxylation is 2. The van der Waals surface area contributed by atoms with Crippen LogP contribution in [0.4, 0.5) is 0 Å². The monoisotopic (exact) mass is 272 g/mol. The van der Waals surface area contributed by atoms with E-state index in [4.69, 9.17) is 4.74 Å². The van der Waals surface area contributed by atoms with Crippen molar-refractivity contribution in [2.75, 3.05) is 6.61 Å². The highest BCUT2D eigenvalue weighted by molar-refractivity contribution is 9.10. The topological polar surface area (TPSA) is 27.1 Å². The summed E-state index contributed by atoms with van der Waals surface area (Å²) in [5, 5.41) is 4.40. The fraction of sp³-hybridized carbons (Fsp3) is 0.545. The molecule has 0 unspecified atom stereocenters. The van der Waals surface area contributed by atoms with Crippen molar-refractivity contribution in [1.29, 1.82) is 0 Å². The van der Waals surface area contributed by atoms with Gasteiger partial charge < -0.3 is 4.74 Å². The van der Waals surface area contributed by atoms with Crippen molar-refractivity contribution in [3.8, 4) is 0 Å². The molecular weight excluding hydrogens is 256 g/mol. The van der Waals surface area contributed by atoms with Gasteiger partial charge in [0.15, 0.2) is 0 Å². The average molecular weight is 273 g/mol. The lowest BCUT2D eigenvalue weighted by Gasteiger charge is -2.03. The molecule has 0 bridgehead atoms. The minimum atomic E-state index is 0.595. The van der Waals surface area contributed by atoms with Gasteiger partial charge in [0, 0.05) is 7.05 Å². The largest absolute Gasteiger partial charge is 0.375 e. The first-order valence-corrected chi connectivity index (χ1v) is 5.88. The van der Waals surface area contributed by atoms with Crippen LogP contribution in [0.15, 0.2) is 17.1 Å². The normalized spacial score (nSPS) is 10.6. The first-order valence-electron chi connectivity index (χ1n) is 5.09. The second kappa shape index (κ2) is 6.08. The molecule has 0 spiro atoms. The van der Waals surface area contributed by atoms with E-state index in [0.29, 0.717) is 13.2 Å². The van der Waals surface area contributed by atoms with Gasteiger partial charge in [0.2, 0.25) is 0 Å². The number of aromatic nitrogens is 2. The van der Waals surface area contributed by atoms with E-state index >= 15 is 0 Å². The summed E-state index contributed by atoms with van der Waals surface area (Å²) in [5.74, 6) is 0. The van der Waals surface area contributed by atoms with Crippen molar-refractivity contribution >= 4 is 15.9 Å². The Morgan fingerprint density at radius 3 is 2.87 bits per heavy atom. The Kier molecular flexibility index (Phi) is 5.05. The number of nitrogens with zero attached hydrogens (tertiary/aromatic N) is 2. The number of ether oxygens (including phenoxy) is 1. The van der Waals surface area contributed by atoms with Crippen LogP contribution in [0.3, 0.4) is 0 Å². The van der Waals surface area contributed by atoms with Gasteiger partial charge in [0.05, 0.1) is 29.1 Å². The summed E-state index contributed by atoms with van der Waals surface area (Å²) < 4.78 is 8.46. The first kappa shape index (κ1) is 12.5. The van der Waals surface area contributed by atoms with Gasteiger partial charge in [-0.25, -0.2) is 0 Å². The molecule has 0 saturated carbocycles. The molecular formula is C11H17BrN2O. The van der Waals surface area contributed by atoms with Gasteiger partial charge in [-0.05, 0) is 28.8 Å². The maximum atomic E-state index is 5.52. The van der Waals surface area contributed by atoms with Crippen LogP contribution in [0.2, 0.25) is 0 Å². The molecule has 1 aromatic heterocycles. The molecule has 1 aromatic rings. The molecule has 0 fully saturated rings. The van der Waals surface area contributed by atoms with Gasteiger partial charge in [0.1, 0.15) is 0 Å². The van der Waals surface area contributed by atoms with E-state index in [2.05, 4.69) is 34.5 Å². The summed E-state index contributed by atoms with van der Waals surface area (Å²) in [7, 11) is 1.94. The van der Waals surface area contributed by atoms with Gasteiger partial charge in [-0.2, -0.15) is 5.10 Å². The maximum Gasteiger partial charge on any atom is 0.0896 e. The van der Waals surface area contributed by atoms with E-state index in [1.165, 1.54) is 0 Å². The van der Waals surface area contributed by atoms with Crippen LogP contribution in [-0.2, 0) is 24.8 Å². The molecule has 0 N–H and O–H groups in total. The molecule has 0 atom stereocenters. The predicted molar refractivity (Wildman–Crippen MR) is 64.8 cm³/mol. The zero-order chi connectivity index (χ0) is 11.3. The zero-order valence-electron chi connectivity index (χ0n) is 9.29. The Bertz CT molecular complexity index is 334. The van der Waals surface area contributed by atoms with E-state index in [-0.39, 0.29) is 0 Å².